The number of benzene rings is 2. The van der Waals surface area contributed by atoms with Crippen molar-refractivity contribution in [3.05, 3.63) is 70.7 Å². The molecule has 0 unspecified atom stereocenters. The Morgan fingerprint density at radius 1 is 1.05 bits per heavy atom. The number of sulfonamides is 1. The van der Waals surface area contributed by atoms with E-state index in [1.54, 1.807) is 0 Å². The van der Waals surface area contributed by atoms with Gasteiger partial charge in [-0.3, -0.25) is 9.89 Å². The Labute approximate surface area is 216 Å². The summed E-state index contributed by atoms with van der Waals surface area (Å²) in [7, 11) is -2.13. The van der Waals surface area contributed by atoms with Gasteiger partial charge in [-0.2, -0.15) is 22.6 Å². The Morgan fingerprint density at radius 3 is 2.47 bits per heavy atom. The molecule has 0 atom stereocenters. The molecule has 0 aliphatic carbocycles. The highest BCUT2D eigenvalue weighted by atomic mass is 32.2. The summed E-state index contributed by atoms with van der Waals surface area (Å²) in [6.45, 7) is 2.22. The van der Waals surface area contributed by atoms with E-state index < -0.39 is 39.1 Å². The van der Waals surface area contributed by atoms with Gasteiger partial charge in [0, 0.05) is 44.0 Å². The van der Waals surface area contributed by atoms with E-state index >= 15 is 0 Å². The van der Waals surface area contributed by atoms with Crippen LogP contribution in [0.2, 0.25) is 0 Å². The molecule has 2 N–H and O–H groups in total. The number of rotatable bonds is 5. The molecule has 1 aromatic heterocycles. The summed E-state index contributed by atoms with van der Waals surface area (Å²) in [5.74, 6) is -1.81. The fourth-order valence-corrected chi connectivity index (χ4v) is 5.97. The average molecular weight is 553 g/mol. The number of nitrogens with zero attached hydrogens (tertiary/aromatic N) is 4. The lowest BCUT2D eigenvalue weighted by molar-refractivity contribution is -0.137. The lowest BCUT2D eigenvalue weighted by atomic mass is 10.0. The Kier molecular flexibility index (Phi) is 6.65. The zero-order valence-electron chi connectivity index (χ0n) is 20.2. The zero-order chi connectivity index (χ0) is 27.2. The van der Waals surface area contributed by atoms with E-state index in [-0.39, 0.29) is 23.8 Å². The Hall–Kier alpha value is -3.49. The standard InChI is InChI=1S/C24H24F4N6O3S/c1-32-7-9-33(10-8-32)16-5-6-18(20(12-16)24(26,27)28)23(35)29-22-19-13-34(14-21(19)30-31-22)38(36,37)17-4-2-3-15(25)11-17/h2-6,11-12H,7-10,13-14H2,1H3,(H2,29,30,31,35). The van der Waals surface area contributed by atoms with Crippen LogP contribution in [-0.4, -0.2) is 67.0 Å². The van der Waals surface area contributed by atoms with Gasteiger partial charge in [0.15, 0.2) is 5.82 Å². The number of alkyl halides is 3. The zero-order valence-corrected chi connectivity index (χ0v) is 21.0. The van der Waals surface area contributed by atoms with Gasteiger partial charge in [0.2, 0.25) is 10.0 Å². The smallest absolute Gasteiger partial charge is 0.369 e. The normalized spacial score (nSPS) is 17.0. The highest BCUT2D eigenvalue weighted by Gasteiger charge is 2.38. The second-order valence-corrected chi connectivity index (χ2v) is 11.2. The van der Waals surface area contributed by atoms with Crippen LogP contribution in [0.25, 0.3) is 0 Å². The SMILES string of the molecule is CN1CCN(c2ccc(C(=O)Nc3n[nH]c4c3CN(S(=O)(=O)c3cccc(F)c3)C4)c(C(F)(F)F)c2)CC1. The number of hydrogen-bond acceptors (Lipinski definition) is 6. The topological polar surface area (TPSA) is 102 Å². The highest BCUT2D eigenvalue weighted by Crippen LogP contribution is 2.36. The average Bonchev–Trinajstić information content (AvgIpc) is 3.46. The predicted octanol–water partition coefficient (Wildman–Crippen LogP) is 3.28. The summed E-state index contributed by atoms with van der Waals surface area (Å²) in [5, 5.41) is 8.99. The molecular formula is C24H24F4N6O3S. The summed E-state index contributed by atoms with van der Waals surface area (Å²) in [6, 6.07) is 8.15. The lowest BCUT2D eigenvalue weighted by Crippen LogP contribution is -2.44. The van der Waals surface area contributed by atoms with Crippen molar-refractivity contribution in [3.8, 4) is 0 Å². The first-order valence-electron chi connectivity index (χ1n) is 11.7. The number of likely N-dealkylation sites (N-methyl/N-ethyl adjacent to an activating group) is 1. The van der Waals surface area contributed by atoms with Gasteiger partial charge in [-0.05, 0) is 43.4 Å². The molecule has 3 aromatic rings. The highest BCUT2D eigenvalue weighted by molar-refractivity contribution is 7.89. The fraction of sp³-hybridized carbons (Fsp3) is 0.333. The second-order valence-electron chi connectivity index (χ2n) is 9.23. The third-order valence-corrected chi connectivity index (χ3v) is 8.50. The predicted molar refractivity (Wildman–Crippen MR) is 131 cm³/mol. The molecule has 1 amide bonds. The minimum Gasteiger partial charge on any atom is -0.369 e. The van der Waals surface area contributed by atoms with E-state index in [9.17, 15) is 30.8 Å². The quantitative estimate of drug-likeness (QED) is 0.472. The van der Waals surface area contributed by atoms with Gasteiger partial charge in [-0.25, -0.2) is 12.8 Å². The van der Waals surface area contributed by atoms with E-state index in [0.717, 1.165) is 28.6 Å². The van der Waals surface area contributed by atoms with Crippen LogP contribution in [-0.2, 0) is 29.3 Å². The first kappa shape index (κ1) is 26.1. The first-order valence-corrected chi connectivity index (χ1v) is 13.2. The number of H-pyrrole nitrogens is 1. The van der Waals surface area contributed by atoms with Crippen molar-refractivity contribution in [1.29, 1.82) is 0 Å². The van der Waals surface area contributed by atoms with Crippen molar-refractivity contribution >= 4 is 27.4 Å². The van der Waals surface area contributed by atoms with E-state index in [2.05, 4.69) is 20.4 Å². The van der Waals surface area contributed by atoms with Gasteiger partial charge in [0.25, 0.3) is 5.91 Å². The van der Waals surface area contributed by atoms with Gasteiger partial charge in [-0.15, -0.1) is 0 Å². The minimum absolute atomic E-state index is 0.0711. The molecule has 0 bridgehead atoms. The molecule has 14 heteroatoms. The molecule has 2 aliphatic heterocycles. The van der Waals surface area contributed by atoms with Crippen molar-refractivity contribution in [1.82, 2.24) is 19.4 Å². The number of anilines is 2. The van der Waals surface area contributed by atoms with Crippen LogP contribution in [0.1, 0.15) is 27.2 Å². The van der Waals surface area contributed by atoms with Crippen LogP contribution in [0.15, 0.2) is 47.4 Å². The number of hydrogen-bond donors (Lipinski definition) is 2. The Morgan fingerprint density at radius 2 is 1.79 bits per heavy atom. The number of nitrogens with one attached hydrogen (secondary N) is 2. The van der Waals surface area contributed by atoms with Gasteiger partial charge >= 0.3 is 6.18 Å². The van der Waals surface area contributed by atoms with E-state index in [0.29, 0.717) is 43.1 Å². The number of halogens is 4. The third kappa shape index (κ3) is 4.98. The van der Waals surface area contributed by atoms with Crippen LogP contribution < -0.4 is 10.2 Å². The number of fused-ring (bicyclic) bond motifs is 1. The molecule has 0 spiro atoms. The summed E-state index contributed by atoms with van der Waals surface area (Å²) in [6.07, 6.45) is -4.78. The Balaban J connectivity index is 1.37. The van der Waals surface area contributed by atoms with Crippen LogP contribution in [0.3, 0.4) is 0 Å². The molecule has 1 fully saturated rings. The van der Waals surface area contributed by atoms with Crippen LogP contribution in [0.4, 0.5) is 29.1 Å². The summed E-state index contributed by atoms with van der Waals surface area (Å²) in [5.41, 5.74) is -0.577. The van der Waals surface area contributed by atoms with Crippen molar-refractivity contribution < 1.29 is 30.8 Å². The van der Waals surface area contributed by atoms with Crippen LogP contribution in [0.5, 0.6) is 0 Å². The van der Waals surface area contributed by atoms with Crippen molar-refractivity contribution in [2.45, 2.75) is 24.2 Å². The van der Waals surface area contributed by atoms with E-state index in [1.807, 2.05) is 11.9 Å². The summed E-state index contributed by atoms with van der Waals surface area (Å²) >= 11 is 0. The van der Waals surface area contributed by atoms with Crippen molar-refractivity contribution in [2.75, 3.05) is 43.4 Å². The molecule has 202 valence electrons. The van der Waals surface area contributed by atoms with Gasteiger partial charge in [0.05, 0.1) is 28.3 Å². The molecule has 2 aliphatic rings. The Bertz CT molecular complexity index is 1480. The molecule has 38 heavy (non-hydrogen) atoms. The monoisotopic (exact) mass is 552 g/mol. The largest absolute Gasteiger partial charge is 0.417 e. The molecule has 5 rings (SSSR count). The van der Waals surface area contributed by atoms with Gasteiger partial charge in [0.1, 0.15) is 5.82 Å². The molecule has 3 heterocycles. The van der Waals surface area contributed by atoms with Gasteiger partial charge in [-0.1, -0.05) is 6.07 Å². The van der Waals surface area contributed by atoms with Crippen LogP contribution in [0, 0.1) is 5.82 Å². The number of aromatic nitrogens is 2. The molecule has 0 saturated carbocycles. The number of aromatic amines is 1. The minimum atomic E-state index is -4.78. The first-order chi connectivity index (χ1) is 17.9. The summed E-state index contributed by atoms with van der Waals surface area (Å²) < 4.78 is 82.4. The number of carbonyl (C=O) groups excluding carboxylic acids is 1. The molecule has 2 aromatic carbocycles. The third-order valence-electron chi connectivity index (χ3n) is 6.71. The number of piperazine rings is 1. The summed E-state index contributed by atoms with van der Waals surface area (Å²) in [4.78, 5) is 16.7. The lowest BCUT2D eigenvalue weighted by Gasteiger charge is -2.34. The fourth-order valence-electron chi connectivity index (χ4n) is 4.56. The molecule has 1 saturated heterocycles. The molecular weight excluding hydrogens is 528 g/mol. The number of amides is 1. The number of carbonyl (C=O) groups is 1. The van der Waals surface area contributed by atoms with E-state index in [1.165, 1.54) is 18.2 Å². The maximum atomic E-state index is 14.0. The maximum Gasteiger partial charge on any atom is 0.417 e. The van der Waals surface area contributed by atoms with Crippen LogP contribution >= 0.6 is 0 Å². The van der Waals surface area contributed by atoms with Gasteiger partial charge < -0.3 is 15.1 Å². The second kappa shape index (κ2) is 9.67. The molecule has 0 radical (unpaired) electrons. The van der Waals surface area contributed by atoms with E-state index in [4.69, 9.17) is 0 Å². The maximum absolute atomic E-state index is 14.0. The molecule has 9 nitrogen and oxygen atoms in total. The van der Waals surface area contributed by atoms with Crippen molar-refractivity contribution in [2.24, 2.45) is 0 Å². The van der Waals surface area contributed by atoms with Crippen molar-refractivity contribution in [3.63, 3.8) is 0 Å².